The lowest BCUT2D eigenvalue weighted by atomic mass is 10.1. The number of carbonyl (C=O) groups excluding carboxylic acids is 1. The SMILES string of the molecule is C#CC(=O)CC1(N)CC1. The lowest BCUT2D eigenvalue weighted by Gasteiger charge is -2.01. The van der Waals surface area contributed by atoms with Gasteiger partial charge in [-0.1, -0.05) is 0 Å². The Morgan fingerprint density at radius 3 is 2.67 bits per heavy atom. The first kappa shape index (κ1) is 6.31. The first-order chi connectivity index (χ1) is 4.16. The predicted octanol–water partition coefficient (Wildman–Crippen LogP) is 0.0701. The molecule has 0 aromatic heterocycles. The van der Waals surface area contributed by atoms with Crippen LogP contribution >= 0.6 is 0 Å². The molecule has 0 aromatic carbocycles. The van der Waals surface area contributed by atoms with E-state index in [4.69, 9.17) is 12.2 Å². The topological polar surface area (TPSA) is 43.1 Å². The fraction of sp³-hybridized carbons (Fsp3) is 0.571. The molecule has 0 bridgehead atoms. The second-order valence-corrected chi connectivity index (χ2v) is 2.61. The molecule has 1 aliphatic carbocycles. The zero-order chi connectivity index (χ0) is 6.91. The molecule has 2 heteroatoms. The molecule has 0 spiro atoms. The predicted molar refractivity (Wildman–Crippen MR) is 34.6 cm³/mol. The van der Waals surface area contributed by atoms with Gasteiger partial charge in [-0.3, -0.25) is 4.79 Å². The third-order valence-electron chi connectivity index (χ3n) is 1.57. The van der Waals surface area contributed by atoms with Crippen LogP contribution < -0.4 is 5.73 Å². The van der Waals surface area contributed by atoms with Gasteiger partial charge in [0.25, 0.3) is 0 Å². The summed E-state index contributed by atoms with van der Waals surface area (Å²) < 4.78 is 0. The number of rotatable bonds is 2. The number of hydrogen-bond donors (Lipinski definition) is 1. The Morgan fingerprint density at radius 2 is 2.33 bits per heavy atom. The van der Waals surface area contributed by atoms with Gasteiger partial charge in [0.05, 0.1) is 0 Å². The third-order valence-corrected chi connectivity index (χ3v) is 1.57. The largest absolute Gasteiger partial charge is 0.325 e. The highest BCUT2D eigenvalue weighted by atomic mass is 16.1. The highest BCUT2D eigenvalue weighted by Gasteiger charge is 2.39. The molecule has 2 N–H and O–H groups in total. The van der Waals surface area contributed by atoms with Crippen LogP contribution in [0, 0.1) is 12.3 Å². The maximum absolute atomic E-state index is 10.6. The Bertz CT molecular complexity index is 174. The molecule has 0 atom stereocenters. The average Bonchev–Trinajstić information content (AvgIpc) is 2.48. The Kier molecular flexibility index (Phi) is 1.30. The van der Waals surface area contributed by atoms with Crippen molar-refractivity contribution < 1.29 is 4.79 Å². The van der Waals surface area contributed by atoms with Crippen molar-refractivity contribution in [3.05, 3.63) is 0 Å². The van der Waals surface area contributed by atoms with Crippen molar-refractivity contribution in [2.24, 2.45) is 5.73 Å². The number of Topliss-reactive ketones (excluding diaryl/α,β-unsaturated/α-hetero) is 1. The average molecular weight is 123 g/mol. The minimum Gasteiger partial charge on any atom is -0.325 e. The van der Waals surface area contributed by atoms with Gasteiger partial charge in [0.15, 0.2) is 0 Å². The molecule has 1 rings (SSSR count). The molecule has 1 saturated carbocycles. The zero-order valence-electron chi connectivity index (χ0n) is 5.18. The van der Waals surface area contributed by atoms with E-state index in [1.54, 1.807) is 0 Å². The fourth-order valence-electron chi connectivity index (χ4n) is 0.708. The summed E-state index contributed by atoms with van der Waals surface area (Å²) in [6, 6.07) is 0. The number of terminal acetylenes is 1. The van der Waals surface area contributed by atoms with Crippen molar-refractivity contribution >= 4 is 5.78 Å². The van der Waals surface area contributed by atoms with Crippen LogP contribution in [0.5, 0.6) is 0 Å². The molecule has 1 aliphatic rings. The van der Waals surface area contributed by atoms with Gasteiger partial charge in [-0.2, -0.15) is 0 Å². The Morgan fingerprint density at radius 1 is 1.78 bits per heavy atom. The minimum atomic E-state index is -0.219. The maximum Gasteiger partial charge on any atom is 0.207 e. The molecule has 0 amide bonds. The molecular weight excluding hydrogens is 114 g/mol. The van der Waals surface area contributed by atoms with Crippen LogP contribution in [-0.4, -0.2) is 11.3 Å². The smallest absolute Gasteiger partial charge is 0.207 e. The Hall–Kier alpha value is -0.810. The summed E-state index contributed by atoms with van der Waals surface area (Å²) in [5, 5.41) is 0. The molecule has 0 radical (unpaired) electrons. The van der Waals surface area contributed by atoms with E-state index in [1.165, 1.54) is 0 Å². The summed E-state index contributed by atoms with van der Waals surface area (Å²) >= 11 is 0. The molecule has 0 aromatic rings. The van der Waals surface area contributed by atoms with Crippen LogP contribution in [0.1, 0.15) is 19.3 Å². The van der Waals surface area contributed by atoms with Gasteiger partial charge in [-0.25, -0.2) is 0 Å². The first-order valence-electron chi connectivity index (χ1n) is 2.95. The van der Waals surface area contributed by atoms with E-state index in [2.05, 4.69) is 0 Å². The molecule has 0 saturated heterocycles. The van der Waals surface area contributed by atoms with Gasteiger partial charge in [0, 0.05) is 12.0 Å². The van der Waals surface area contributed by atoms with E-state index >= 15 is 0 Å². The van der Waals surface area contributed by atoms with Gasteiger partial charge in [-0.05, 0) is 18.8 Å². The molecule has 1 fully saturated rings. The molecule has 0 heterocycles. The molecule has 9 heavy (non-hydrogen) atoms. The van der Waals surface area contributed by atoms with Crippen molar-refractivity contribution in [2.75, 3.05) is 0 Å². The maximum atomic E-state index is 10.6. The zero-order valence-corrected chi connectivity index (χ0v) is 5.18. The van der Waals surface area contributed by atoms with Crippen LogP contribution in [0.25, 0.3) is 0 Å². The summed E-state index contributed by atoms with van der Waals surface area (Å²) in [6.07, 6.45) is 7.11. The highest BCUT2D eigenvalue weighted by Crippen LogP contribution is 2.35. The lowest BCUT2D eigenvalue weighted by molar-refractivity contribution is -0.114. The van der Waals surface area contributed by atoms with Gasteiger partial charge < -0.3 is 5.73 Å². The van der Waals surface area contributed by atoms with E-state index in [0.717, 1.165) is 12.8 Å². The van der Waals surface area contributed by atoms with E-state index in [0.29, 0.717) is 6.42 Å². The van der Waals surface area contributed by atoms with E-state index in [-0.39, 0.29) is 11.3 Å². The van der Waals surface area contributed by atoms with Crippen LogP contribution in [0.3, 0.4) is 0 Å². The number of carbonyl (C=O) groups is 1. The van der Waals surface area contributed by atoms with Crippen LogP contribution in [0.2, 0.25) is 0 Å². The van der Waals surface area contributed by atoms with Crippen molar-refractivity contribution in [2.45, 2.75) is 24.8 Å². The van der Waals surface area contributed by atoms with E-state index < -0.39 is 0 Å². The highest BCUT2D eigenvalue weighted by molar-refractivity contribution is 5.95. The second-order valence-electron chi connectivity index (χ2n) is 2.61. The summed E-state index contributed by atoms with van der Waals surface area (Å²) in [5.74, 6) is 1.87. The molecular formula is C7H9NO. The third kappa shape index (κ3) is 1.55. The minimum absolute atomic E-state index is 0.171. The lowest BCUT2D eigenvalue weighted by Crippen LogP contribution is -2.24. The molecule has 48 valence electrons. The van der Waals surface area contributed by atoms with E-state index in [9.17, 15) is 4.79 Å². The van der Waals surface area contributed by atoms with Gasteiger partial charge in [-0.15, -0.1) is 6.42 Å². The van der Waals surface area contributed by atoms with Crippen molar-refractivity contribution in [1.82, 2.24) is 0 Å². The molecule has 0 unspecified atom stereocenters. The Labute approximate surface area is 54.4 Å². The van der Waals surface area contributed by atoms with Gasteiger partial charge >= 0.3 is 0 Å². The number of ketones is 1. The Balaban J connectivity index is 2.36. The standard InChI is InChI=1S/C7H9NO/c1-2-6(9)5-7(8)3-4-7/h1H,3-5,8H2. The summed E-state index contributed by atoms with van der Waals surface area (Å²) in [4.78, 5) is 10.6. The summed E-state index contributed by atoms with van der Waals surface area (Å²) in [6.45, 7) is 0. The molecule has 0 aliphatic heterocycles. The molecule has 2 nitrogen and oxygen atoms in total. The monoisotopic (exact) mass is 123 g/mol. The van der Waals surface area contributed by atoms with Crippen LogP contribution in [-0.2, 0) is 4.79 Å². The summed E-state index contributed by atoms with van der Waals surface area (Å²) in [7, 11) is 0. The number of nitrogens with two attached hydrogens (primary N) is 1. The first-order valence-corrected chi connectivity index (χ1v) is 2.95. The van der Waals surface area contributed by atoms with Gasteiger partial charge in [0.1, 0.15) is 0 Å². The summed E-state index contributed by atoms with van der Waals surface area (Å²) in [5.41, 5.74) is 5.39. The number of hydrogen-bond acceptors (Lipinski definition) is 2. The van der Waals surface area contributed by atoms with E-state index in [1.807, 2.05) is 5.92 Å². The van der Waals surface area contributed by atoms with Crippen LogP contribution in [0.4, 0.5) is 0 Å². The quantitative estimate of drug-likeness (QED) is 0.417. The van der Waals surface area contributed by atoms with Gasteiger partial charge in [0.2, 0.25) is 5.78 Å². The second kappa shape index (κ2) is 1.85. The van der Waals surface area contributed by atoms with Crippen molar-refractivity contribution in [3.8, 4) is 12.3 Å². The normalized spacial score (nSPS) is 20.4. The fourth-order valence-corrected chi connectivity index (χ4v) is 0.708. The van der Waals surface area contributed by atoms with Crippen LogP contribution in [0.15, 0.2) is 0 Å². The van der Waals surface area contributed by atoms with Crippen molar-refractivity contribution in [1.29, 1.82) is 0 Å². The van der Waals surface area contributed by atoms with Crippen molar-refractivity contribution in [3.63, 3.8) is 0 Å².